The molecule has 0 unspecified atom stereocenters. The maximum absolute atomic E-state index is 12.4. The van der Waals surface area contributed by atoms with Gasteiger partial charge in [-0.15, -0.1) is 0 Å². The quantitative estimate of drug-likeness (QED) is 0.683. The Labute approximate surface area is 118 Å². The van der Waals surface area contributed by atoms with E-state index in [1.807, 2.05) is 20.1 Å². The Morgan fingerprint density at radius 3 is 2.58 bits per heavy atom. The number of likely N-dealkylation sites (tertiary alicyclic amines) is 1. The summed E-state index contributed by atoms with van der Waals surface area (Å²) in [6.45, 7) is 4.35. The summed E-state index contributed by atoms with van der Waals surface area (Å²) in [6, 6.07) is -0.603. The van der Waals surface area contributed by atoms with E-state index in [9.17, 15) is 14.4 Å². The summed E-state index contributed by atoms with van der Waals surface area (Å²) >= 11 is 1.61. The number of thioether (sulfide) groups is 1. The molecule has 0 spiro atoms. The lowest BCUT2D eigenvalue weighted by Gasteiger charge is -2.29. The predicted molar refractivity (Wildman–Crippen MR) is 75.7 cm³/mol. The van der Waals surface area contributed by atoms with E-state index in [2.05, 4.69) is 0 Å². The van der Waals surface area contributed by atoms with Crippen molar-refractivity contribution in [2.45, 2.75) is 32.7 Å². The number of carbonyl (C=O) groups is 3. The lowest BCUT2D eigenvalue weighted by atomic mass is 10.1. The maximum atomic E-state index is 12.4. The molecule has 1 aliphatic heterocycles. The Kier molecular flexibility index (Phi) is 5.85. The van der Waals surface area contributed by atoms with E-state index in [4.69, 9.17) is 0 Å². The average Bonchev–Trinajstić information content (AvgIpc) is 2.63. The van der Waals surface area contributed by atoms with Gasteiger partial charge in [0.1, 0.15) is 6.04 Å². The third-order valence-corrected chi connectivity index (χ3v) is 4.15. The third-order valence-electron chi connectivity index (χ3n) is 3.32. The second-order valence-electron chi connectivity index (χ2n) is 4.90. The summed E-state index contributed by atoms with van der Waals surface area (Å²) in [7, 11) is 1.48. The van der Waals surface area contributed by atoms with Gasteiger partial charge in [0.25, 0.3) is 5.91 Å². The molecule has 0 aromatic rings. The second-order valence-corrected chi connectivity index (χ2v) is 5.81. The maximum Gasteiger partial charge on any atom is 0.252 e. The van der Waals surface area contributed by atoms with Crippen molar-refractivity contribution < 1.29 is 14.4 Å². The van der Waals surface area contributed by atoms with Gasteiger partial charge in [-0.3, -0.25) is 19.3 Å². The van der Waals surface area contributed by atoms with Crippen molar-refractivity contribution in [1.29, 1.82) is 0 Å². The van der Waals surface area contributed by atoms with E-state index in [-0.39, 0.29) is 30.1 Å². The molecule has 1 aliphatic rings. The van der Waals surface area contributed by atoms with Crippen molar-refractivity contribution in [2.24, 2.45) is 5.92 Å². The zero-order chi connectivity index (χ0) is 14.6. The van der Waals surface area contributed by atoms with Gasteiger partial charge in [-0.2, -0.15) is 11.8 Å². The normalized spacial score (nSPS) is 20.8. The Hall–Kier alpha value is -1.04. The lowest BCUT2D eigenvalue weighted by Crippen LogP contribution is -2.47. The zero-order valence-electron chi connectivity index (χ0n) is 12.0. The van der Waals surface area contributed by atoms with Gasteiger partial charge in [-0.25, -0.2) is 0 Å². The summed E-state index contributed by atoms with van der Waals surface area (Å²) in [5.74, 6) is 0.0987. The predicted octanol–water partition coefficient (Wildman–Crippen LogP) is 0.981. The minimum absolute atomic E-state index is 0.0300. The summed E-state index contributed by atoms with van der Waals surface area (Å²) < 4.78 is 0. The lowest BCUT2D eigenvalue weighted by molar-refractivity contribution is -0.144. The molecule has 0 aromatic heterocycles. The van der Waals surface area contributed by atoms with Gasteiger partial charge in [0.15, 0.2) is 0 Å². The Balaban J connectivity index is 2.86. The molecule has 3 amide bonds. The Morgan fingerprint density at radius 1 is 1.53 bits per heavy atom. The van der Waals surface area contributed by atoms with E-state index in [1.165, 1.54) is 7.05 Å². The van der Waals surface area contributed by atoms with Crippen molar-refractivity contribution in [3.8, 4) is 0 Å². The fourth-order valence-electron chi connectivity index (χ4n) is 2.24. The molecule has 0 saturated carbocycles. The van der Waals surface area contributed by atoms with Gasteiger partial charge in [-0.05, 0) is 12.7 Å². The molecule has 1 rings (SSSR count). The number of carbonyl (C=O) groups excluding carboxylic acids is 3. The molecule has 2 atom stereocenters. The molecule has 0 N–H and O–H groups in total. The first-order chi connectivity index (χ1) is 8.93. The van der Waals surface area contributed by atoms with Gasteiger partial charge >= 0.3 is 0 Å². The van der Waals surface area contributed by atoms with Crippen molar-refractivity contribution in [2.75, 3.05) is 25.6 Å². The van der Waals surface area contributed by atoms with Crippen molar-refractivity contribution in [3.63, 3.8) is 0 Å². The zero-order valence-corrected chi connectivity index (χ0v) is 12.8. The van der Waals surface area contributed by atoms with Crippen molar-refractivity contribution >= 4 is 29.5 Å². The number of likely N-dealkylation sites (N-methyl/N-ethyl adjacent to an activating group) is 1. The first-order valence-electron chi connectivity index (χ1n) is 6.53. The van der Waals surface area contributed by atoms with E-state index in [0.717, 1.165) is 17.1 Å². The molecule has 0 aromatic carbocycles. The summed E-state index contributed by atoms with van der Waals surface area (Å²) in [5, 5.41) is 0. The summed E-state index contributed by atoms with van der Waals surface area (Å²) in [6.07, 6.45) is 2.85. The number of rotatable bonds is 6. The molecule has 0 aliphatic carbocycles. The van der Waals surface area contributed by atoms with Crippen LogP contribution in [0.3, 0.4) is 0 Å². The van der Waals surface area contributed by atoms with Crippen LogP contribution in [0.2, 0.25) is 0 Å². The van der Waals surface area contributed by atoms with Crippen LogP contribution < -0.4 is 0 Å². The SMILES string of the molecule is CCCN(C(=O)[C@@H](C)CSC)[C@H]1CC(=O)N(C)C1=O. The van der Waals surface area contributed by atoms with Gasteiger partial charge in [-0.1, -0.05) is 13.8 Å². The number of imide groups is 1. The van der Waals surface area contributed by atoms with Gasteiger partial charge in [0.2, 0.25) is 11.8 Å². The first kappa shape index (κ1) is 16.0. The van der Waals surface area contributed by atoms with E-state index < -0.39 is 6.04 Å². The summed E-state index contributed by atoms with van der Waals surface area (Å²) in [5.41, 5.74) is 0. The van der Waals surface area contributed by atoms with Crippen molar-refractivity contribution in [3.05, 3.63) is 0 Å². The van der Waals surface area contributed by atoms with E-state index >= 15 is 0 Å². The van der Waals surface area contributed by atoms with Gasteiger partial charge in [0.05, 0.1) is 6.42 Å². The molecule has 5 nitrogen and oxygen atoms in total. The molecule has 108 valence electrons. The molecule has 6 heteroatoms. The van der Waals surface area contributed by atoms with Crippen LogP contribution in [0, 0.1) is 5.92 Å². The monoisotopic (exact) mass is 286 g/mol. The molecule has 1 heterocycles. The highest BCUT2D eigenvalue weighted by Crippen LogP contribution is 2.20. The number of hydrogen-bond donors (Lipinski definition) is 0. The molecule has 19 heavy (non-hydrogen) atoms. The molecule has 1 fully saturated rings. The number of nitrogens with zero attached hydrogens (tertiary/aromatic N) is 2. The van der Waals surface area contributed by atoms with Crippen LogP contribution in [0.25, 0.3) is 0 Å². The minimum Gasteiger partial charge on any atom is -0.330 e. The fourth-order valence-corrected chi connectivity index (χ4v) is 2.89. The summed E-state index contributed by atoms with van der Waals surface area (Å²) in [4.78, 5) is 38.7. The Bertz CT molecular complexity index is 373. The average molecular weight is 286 g/mol. The third kappa shape index (κ3) is 3.49. The smallest absolute Gasteiger partial charge is 0.252 e. The highest BCUT2D eigenvalue weighted by Gasteiger charge is 2.42. The van der Waals surface area contributed by atoms with Crippen molar-refractivity contribution in [1.82, 2.24) is 9.80 Å². The van der Waals surface area contributed by atoms with Crippen LogP contribution in [0.1, 0.15) is 26.7 Å². The van der Waals surface area contributed by atoms with Crippen LogP contribution in [0.5, 0.6) is 0 Å². The highest BCUT2D eigenvalue weighted by atomic mass is 32.2. The molecule has 0 radical (unpaired) electrons. The molecular formula is C13H22N2O3S. The number of hydrogen-bond acceptors (Lipinski definition) is 4. The van der Waals surface area contributed by atoms with E-state index in [0.29, 0.717) is 6.54 Å². The van der Waals surface area contributed by atoms with Crippen LogP contribution >= 0.6 is 11.8 Å². The molecule has 0 bridgehead atoms. The van der Waals surface area contributed by atoms with Crippen LogP contribution in [0.15, 0.2) is 0 Å². The first-order valence-corrected chi connectivity index (χ1v) is 7.93. The van der Waals surface area contributed by atoms with Gasteiger partial charge in [0, 0.05) is 25.3 Å². The fraction of sp³-hybridized carbons (Fsp3) is 0.769. The standard InChI is InChI=1S/C13H22N2O3S/c1-5-6-15(12(17)9(2)8-19-4)10-7-11(16)14(3)13(10)18/h9-10H,5-8H2,1-4H3/t9-,10-/m0/s1. The molecular weight excluding hydrogens is 264 g/mol. The second kappa shape index (κ2) is 6.93. The van der Waals surface area contributed by atoms with E-state index in [1.54, 1.807) is 16.7 Å². The van der Waals surface area contributed by atoms with Crippen LogP contribution in [-0.4, -0.2) is 59.2 Å². The van der Waals surface area contributed by atoms with Crippen LogP contribution in [0.4, 0.5) is 0 Å². The minimum atomic E-state index is -0.603. The highest BCUT2D eigenvalue weighted by molar-refractivity contribution is 7.98. The molecule has 1 saturated heterocycles. The number of amides is 3. The Morgan fingerprint density at radius 2 is 2.16 bits per heavy atom. The van der Waals surface area contributed by atoms with Crippen LogP contribution in [-0.2, 0) is 14.4 Å². The van der Waals surface area contributed by atoms with Gasteiger partial charge < -0.3 is 4.90 Å². The topological polar surface area (TPSA) is 57.7 Å². The largest absolute Gasteiger partial charge is 0.330 e.